The second-order valence-electron chi connectivity index (χ2n) is 9.41. The Bertz CT molecular complexity index is 1320. The number of fused-ring (bicyclic) bond motifs is 1. The van der Waals surface area contributed by atoms with Crippen LogP contribution >= 0.6 is 0 Å². The maximum absolute atomic E-state index is 13.5. The lowest BCUT2D eigenvalue weighted by Crippen LogP contribution is -2.22. The number of anilines is 1. The summed E-state index contributed by atoms with van der Waals surface area (Å²) in [7, 11) is 1.49. The van der Waals surface area contributed by atoms with Gasteiger partial charge in [0.25, 0.3) is 0 Å². The summed E-state index contributed by atoms with van der Waals surface area (Å²) in [6.45, 7) is 4.34. The molecule has 5 rings (SSSR count). The first-order chi connectivity index (χ1) is 16.9. The van der Waals surface area contributed by atoms with Crippen LogP contribution in [0.25, 0.3) is 11.1 Å². The van der Waals surface area contributed by atoms with Crippen molar-refractivity contribution in [3.63, 3.8) is 0 Å². The van der Waals surface area contributed by atoms with Crippen LogP contribution < -0.4 is 14.8 Å². The molecule has 1 aliphatic heterocycles. The molecule has 0 spiro atoms. The minimum absolute atomic E-state index is 0. The zero-order valence-electron chi connectivity index (χ0n) is 20.3. The summed E-state index contributed by atoms with van der Waals surface area (Å²) in [6, 6.07) is 18.0. The zero-order chi connectivity index (χ0) is 24.6. The molecule has 1 saturated carbocycles. The quantitative estimate of drug-likeness (QED) is 0.476. The van der Waals surface area contributed by atoms with E-state index in [2.05, 4.69) is 24.4 Å². The highest BCUT2D eigenvalue weighted by atomic mass is 16.7. The van der Waals surface area contributed by atoms with E-state index in [-0.39, 0.29) is 26.5 Å². The second-order valence-corrected chi connectivity index (χ2v) is 9.41. The highest BCUT2D eigenvalue weighted by Crippen LogP contribution is 2.51. The van der Waals surface area contributed by atoms with Gasteiger partial charge >= 0.3 is 0 Å². The number of hydrogen-bond acceptors (Lipinski definition) is 5. The second kappa shape index (κ2) is 9.19. The number of aryl methyl sites for hydroxylation is 2. The van der Waals surface area contributed by atoms with Crippen LogP contribution in [0.4, 0.5) is 5.69 Å². The molecule has 35 heavy (non-hydrogen) atoms. The van der Waals surface area contributed by atoms with Gasteiger partial charge in [-0.2, -0.15) is 0 Å². The van der Waals surface area contributed by atoms with Crippen molar-refractivity contribution in [3.8, 4) is 22.6 Å². The number of ether oxygens (including phenoxy) is 3. The number of methoxy groups -OCH3 is 1. The smallest absolute Gasteiger partial charge is 0.250 e. The molecule has 6 heteroatoms. The van der Waals surface area contributed by atoms with Crippen LogP contribution in [0.15, 0.2) is 54.6 Å². The van der Waals surface area contributed by atoms with Crippen LogP contribution in [-0.4, -0.2) is 32.2 Å². The minimum Gasteiger partial charge on any atom is -0.454 e. The van der Waals surface area contributed by atoms with Crippen molar-refractivity contribution in [2.75, 3.05) is 25.8 Å². The number of hydrogen-bond donors (Lipinski definition) is 1. The molecule has 0 aromatic heterocycles. The van der Waals surface area contributed by atoms with Gasteiger partial charge in [0.05, 0.1) is 5.41 Å². The fraction of sp³-hybridized carbons (Fsp3) is 0.310. The van der Waals surface area contributed by atoms with Gasteiger partial charge in [0.2, 0.25) is 12.7 Å². The number of Topliss-reactive ketones (excluding diaryl/α,β-unsaturated/α-hetero) is 1. The van der Waals surface area contributed by atoms with Crippen molar-refractivity contribution in [1.82, 2.24) is 0 Å². The lowest BCUT2D eigenvalue weighted by Gasteiger charge is -2.17. The molecule has 2 aliphatic rings. The summed E-state index contributed by atoms with van der Waals surface area (Å²) in [5.74, 6) is 1.50. The maximum Gasteiger partial charge on any atom is 0.250 e. The Morgan fingerprint density at radius 3 is 2.49 bits per heavy atom. The van der Waals surface area contributed by atoms with Gasteiger partial charge in [-0.3, -0.25) is 9.59 Å². The van der Waals surface area contributed by atoms with Gasteiger partial charge in [0, 0.05) is 20.6 Å². The zero-order valence-corrected chi connectivity index (χ0v) is 20.3. The van der Waals surface area contributed by atoms with Crippen LogP contribution in [0, 0.1) is 13.8 Å². The van der Waals surface area contributed by atoms with Gasteiger partial charge in [-0.05, 0) is 84.3 Å². The highest BCUT2D eigenvalue weighted by molar-refractivity contribution is 5.95. The summed E-state index contributed by atoms with van der Waals surface area (Å²) in [6.07, 6.45) is 2.10. The molecule has 0 bridgehead atoms. The maximum atomic E-state index is 13.5. The molecule has 0 radical (unpaired) electrons. The molecule has 3 aromatic rings. The van der Waals surface area contributed by atoms with E-state index in [9.17, 15) is 9.59 Å². The Morgan fingerprint density at radius 2 is 1.74 bits per heavy atom. The Balaban J connectivity index is 0.00000304. The fourth-order valence-corrected chi connectivity index (χ4v) is 4.84. The molecular formula is C29H31NO5. The van der Waals surface area contributed by atoms with Crippen LogP contribution in [0.2, 0.25) is 0 Å². The number of ketones is 1. The monoisotopic (exact) mass is 473 g/mol. The lowest BCUT2D eigenvalue weighted by molar-refractivity contribution is -0.121. The first-order valence-electron chi connectivity index (χ1n) is 11.8. The summed E-state index contributed by atoms with van der Waals surface area (Å²) >= 11 is 0. The van der Waals surface area contributed by atoms with Gasteiger partial charge in [-0.25, -0.2) is 0 Å². The molecule has 1 fully saturated rings. The van der Waals surface area contributed by atoms with Gasteiger partial charge < -0.3 is 19.5 Å². The normalized spacial score (nSPS) is 15.1. The van der Waals surface area contributed by atoms with E-state index in [1.54, 1.807) is 0 Å². The number of nitrogens with one attached hydrogen (secondary N) is 1. The third-order valence-corrected chi connectivity index (χ3v) is 6.95. The van der Waals surface area contributed by atoms with E-state index in [4.69, 9.17) is 14.2 Å². The molecule has 0 atom stereocenters. The third kappa shape index (κ3) is 4.54. The average molecular weight is 474 g/mol. The summed E-state index contributed by atoms with van der Waals surface area (Å²) in [5, 5.41) is 2.84. The first-order valence-corrected chi connectivity index (χ1v) is 11.8. The third-order valence-electron chi connectivity index (χ3n) is 6.95. The van der Waals surface area contributed by atoms with Gasteiger partial charge in [-0.1, -0.05) is 30.3 Å². The molecule has 6 nitrogen and oxygen atoms in total. The Kier molecular flexibility index (Phi) is 6.07. The highest BCUT2D eigenvalue weighted by Gasteiger charge is 2.50. The molecule has 1 heterocycles. The Morgan fingerprint density at radius 1 is 0.943 bits per heavy atom. The van der Waals surface area contributed by atoms with Gasteiger partial charge in [0.1, 0.15) is 12.4 Å². The predicted molar refractivity (Wildman–Crippen MR) is 136 cm³/mol. The molecular weight excluding hydrogens is 442 g/mol. The van der Waals surface area contributed by atoms with Gasteiger partial charge in [0.15, 0.2) is 11.5 Å². The SMILES string of the molecule is COCC(=O)Nc1ccc(-c2cc(CC(=O)C3(c4ccc5c(c4)OCO5)CC3)ccc2C)c(C)c1.[HH]. The summed E-state index contributed by atoms with van der Waals surface area (Å²) in [5.41, 5.74) is 6.68. The van der Waals surface area contributed by atoms with Crippen molar-refractivity contribution in [1.29, 1.82) is 0 Å². The topological polar surface area (TPSA) is 73.9 Å². The Hall–Kier alpha value is -3.64. The number of carbonyl (C=O) groups is 2. The lowest BCUT2D eigenvalue weighted by atomic mass is 9.86. The summed E-state index contributed by atoms with van der Waals surface area (Å²) < 4.78 is 15.8. The average Bonchev–Trinajstić information content (AvgIpc) is 3.51. The molecule has 182 valence electrons. The van der Waals surface area contributed by atoms with E-state index in [0.29, 0.717) is 6.42 Å². The number of rotatable bonds is 8. The van der Waals surface area contributed by atoms with E-state index in [1.807, 2.05) is 49.4 Å². The molecule has 1 N–H and O–H groups in total. The van der Waals surface area contributed by atoms with Crippen LogP contribution in [0.1, 0.15) is 36.5 Å². The molecule has 3 aromatic carbocycles. The van der Waals surface area contributed by atoms with Crippen molar-refractivity contribution in [2.45, 2.75) is 38.5 Å². The van der Waals surface area contributed by atoms with E-state index < -0.39 is 5.41 Å². The molecule has 1 amide bonds. The number of carbonyl (C=O) groups excluding carboxylic acids is 2. The number of amides is 1. The van der Waals surface area contributed by atoms with Crippen molar-refractivity contribution in [3.05, 3.63) is 76.9 Å². The standard InChI is InChI=1S/C29H29NO5.H2/c1-18-4-5-20(13-24(18)23-8-7-22(12-19(23)2)30-28(32)16-33-3)14-27(31)29(10-11-29)21-6-9-25-26(15-21)35-17-34-25;/h4-9,12-13,15H,10-11,14,16-17H2,1-3H3,(H,30,32);1H. The molecule has 0 unspecified atom stereocenters. The Labute approximate surface area is 206 Å². The van der Waals surface area contributed by atoms with E-state index in [1.165, 1.54) is 7.11 Å². The van der Waals surface area contributed by atoms with Crippen molar-refractivity contribution in [2.24, 2.45) is 0 Å². The molecule has 1 aliphatic carbocycles. The van der Waals surface area contributed by atoms with Crippen molar-refractivity contribution < 1.29 is 25.2 Å². The predicted octanol–water partition coefficient (Wildman–Crippen LogP) is 5.37. The van der Waals surface area contributed by atoms with Gasteiger partial charge in [-0.15, -0.1) is 0 Å². The van der Waals surface area contributed by atoms with Crippen LogP contribution in [0.3, 0.4) is 0 Å². The first kappa shape index (κ1) is 23.1. The van der Waals surface area contributed by atoms with E-state index in [0.717, 1.165) is 63.4 Å². The van der Waals surface area contributed by atoms with Crippen LogP contribution in [0.5, 0.6) is 11.5 Å². The molecule has 0 saturated heterocycles. The number of benzene rings is 3. The fourth-order valence-electron chi connectivity index (χ4n) is 4.84. The minimum atomic E-state index is -0.427. The largest absolute Gasteiger partial charge is 0.454 e. The van der Waals surface area contributed by atoms with E-state index >= 15 is 0 Å². The van der Waals surface area contributed by atoms with Crippen molar-refractivity contribution >= 4 is 17.4 Å². The van der Waals surface area contributed by atoms with Crippen LogP contribution in [-0.2, 0) is 26.2 Å². The summed E-state index contributed by atoms with van der Waals surface area (Å²) in [4.78, 5) is 25.3.